The van der Waals surface area contributed by atoms with Crippen LogP contribution in [-0.2, 0) is 10.0 Å². The van der Waals surface area contributed by atoms with E-state index in [1.807, 2.05) is 23.9 Å². The van der Waals surface area contributed by atoms with Crippen molar-refractivity contribution in [1.29, 1.82) is 0 Å². The standard InChI is InChI=1S/C24H34ClN5O2S2/c1-2-34(31,32)30-11-9-29(10-12-30)8-7-20-16-33-24(27-20)22-14-17-13-18(25)15-21(23(17)28-22)26-19-5-3-4-6-19/h13-15,19-20,26,28H,2-12,16H2,1H3. The lowest BCUT2D eigenvalue weighted by Gasteiger charge is -2.34. The molecule has 1 saturated carbocycles. The Morgan fingerprint density at radius 2 is 1.94 bits per heavy atom. The van der Waals surface area contributed by atoms with Crippen molar-refractivity contribution in [2.24, 2.45) is 4.99 Å². The molecule has 186 valence electrons. The third-order valence-electron chi connectivity index (χ3n) is 7.22. The number of aromatic nitrogens is 1. The fraction of sp³-hybridized carbons (Fsp3) is 0.625. The summed E-state index contributed by atoms with van der Waals surface area (Å²) in [5, 5.41) is 6.65. The molecule has 10 heteroatoms. The number of anilines is 1. The maximum absolute atomic E-state index is 12.1. The normalized spacial score (nSPS) is 23.1. The molecule has 34 heavy (non-hydrogen) atoms. The van der Waals surface area contributed by atoms with Gasteiger partial charge in [0, 0.05) is 54.9 Å². The third kappa shape index (κ3) is 5.43. The first kappa shape index (κ1) is 24.4. The number of hydrogen-bond acceptors (Lipinski definition) is 6. The van der Waals surface area contributed by atoms with Gasteiger partial charge in [0.25, 0.3) is 0 Å². The molecule has 0 spiro atoms. The highest BCUT2D eigenvalue weighted by atomic mass is 35.5. The van der Waals surface area contributed by atoms with Gasteiger partial charge in [-0.3, -0.25) is 4.99 Å². The Morgan fingerprint density at radius 1 is 1.18 bits per heavy atom. The van der Waals surface area contributed by atoms with Crippen molar-refractivity contribution in [2.45, 2.75) is 51.1 Å². The molecular weight excluding hydrogens is 490 g/mol. The van der Waals surface area contributed by atoms with E-state index in [-0.39, 0.29) is 5.75 Å². The van der Waals surface area contributed by atoms with E-state index >= 15 is 0 Å². The summed E-state index contributed by atoms with van der Waals surface area (Å²) in [6.45, 7) is 5.46. The van der Waals surface area contributed by atoms with Gasteiger partial charge in [0.2, 0.25) is 10.0 Å². The van der Waals surface area contributed by atoms with Crippen LogP contribution in [0.3, 0.4) is 0 Å². The summed E-state index contributed by atoms with van der Waals surface area (Å²) >= 11 is 8.24. The minimum Gasteiger partial charge on any atom is -0.381 e. The van der Waals surface area contributed by atoms with Crippen molar-refractivity contribution in [3.05, 3.63) is 28.9 Å². The molecule has 1 aliphatic carbocycles. The summed E-state index contributed by atoms with van der Waals surface area (Å²) in [6.07, 6.45) is 6.02. The summed E-state index contributed by atoms with van der Waals surface area (Å²) in [7, 11) is -3.07. The number of aliphatic imine (C=N–C) groups is 1. The quantitative estimate of drug-likeness (QED) is 0.536. The number of nitrogens with one attached hydrogen (secondary N) is 2. The zero-order valence-electron chi connectivity index (χ0n) is 19.7. The number of aromatic amines is 1. The molecule has 1 unspecified atom stereocenters. The van der Waals surface area contributed by atoms with E-state index in [4.69, 9.17) is 16.6 Å². The van der Waals surface area contributed by atoms with E-state index in [0.29, 0.717) is 25.2 Å². The molecule has 2 aliphatic heterocycles. The van der Waals surface area contributed by atoms with E-state index in [1.54, 1.807) is 11.2 Å². The van der Waals surface area contributed by atoms with Crippen LogP contribution in [0.25, 0.3) is 10.9 Å². The zero-order chi connectivity index (χ0) is 23.7. The molecule has 2 N–H and O–H groups in total. The Bertz CT molecular complexity index is 1150. The molecule has 1 atom stereocenters. The number of rotatable bonds is 8. The fourth-order valence-electron chi connectivity index (χ4n) is 5.18. The van der Waals surface area contributed by atoms with E-state index < -0.39 is 10.0 Å². The highest BCUT2D eigenvalue weighted by molar-refractivity contribution is 8.14. The lowest BCUT2D eigenvalue weighted by atomic mass is 10.2. The van der Waals surface area contributed by atoms with Gasteiger partial charge in [-0.05, 0) is 44.4 Å². The SMILES string of the molecule is CCS(=O)(=O)N1CCN(CCC2CSC(c3cc4cc(Cl)cc(NC5CCCC5)c4[nH]3)=N2)CC1. The molecule has 5 rings (SSSR count). The van der Waals surface area contributed by atoms with Gasteiger partial charge in [-0.2, -0.15) is 4.31 Å². The van der Waals surface area contributed by atoms with Crippen molar-refractivity contribution in [3.8, 4) is 0 Å². The molecule has 0 amide bonds. The number of sulfonamides is 1. The lowest BCUT2D eigenvalue weighted by Crippen LogP contribution is -2.49. The lowest BCUT2D eigenvalue weighted by molar-refractivity contribution is 0.184. The van der Waals surface area contributed by atoms with Crippen molar-refractivity contribution >= 4 is 55.0 Å². The van der Waals surface area contributed by atoms with Crippen LogP contribution in [0, 0.1) is 0 Å². The summed E-state index contributed by atoms with van der Waals surface area (Å²) in [5.41, 5.74) is 3.26. The van der Waals surface area contributed by atoms with Gasteiger partial charge in [-0.15, -0.1) is 11.8 Å². The summed E-state index contributed by atoms with van der Waals surface area (Å²) in [5.74, 6) is 1.17. The monoisotopic (exact) mass is 523 g/mol. The molecule has 3 aliphatic rings. The third-order valence-corrected chi connectivity index (χ3v) is 10.5. The Morgan fingerprint density at radius 3 is 2.68 bits per heavy atom. The van der Waals surface area contributed by atoms with Crippen molar-refractivity contribution in [3.63, 3.8) is 0 Å². The first-order valence-electron chi connectivity index (χ1n) is 12.4. The van der Waals surface area contributed by atoms with Crippen LogP contribution >= 0.6 is 23.4 Å². The predicted molar refractivity (Wildman–Crippen MR) is 144 cm³/mol. The first-order chi connectivity index (χ1) is 16.4. The molecule has 1 saturated heterocycles. The first-order valence-corrected chi connectivity index (χ1v) is 15.4. The molecule has 2 fully saturated rings. The van der Waals surface area contributed by atoms with Gasteiger partial charge in [-0.25, -0.2) is 8.42 Å². The van der Waals surface area contributed by atoms with Crippen LogP contribution < -0.4 is 5.32 Å². The van der Waals surface area contributed by atoms with Gasteiger partial charge in [0.1, 0.15) is 5.04 Å². The summed E-state index contributed by atoms with van der Waals surface area (Å²) in [6, 6.07) is 7.04. The van der Waals surface area contributed by atoms with Crippen LogP contribution in [0.4, 0.5) is 5.69 Å². The predicted octanol–water partition coefficient (Wildman–Crippen LogP) is 4.40. The van der Waals surface area contributed by atoms with E-state index in [0.717, 1.165) is 64.2 Å². The van der Waals surface area contributed by atoms with Crippen LogP contribution in [0.1, 0.15) is 44.7 Å². The number of benzene rings is 1. The average molecular weight is 524 g/mol. The number of H-pyrrole nitrogens is 1. The molecular formula is C24H34ClN5O2S2. The Balaban J connectivity index is 1.21. The van der Waals surface area contributed by atoms with E-state index in [9.17, 15) is 8.42 Å². The highest BCUT2D eigenvalue weighted by Gasteiger charge is 2.27. The van der Waals surface area contributed by atoms with Crippen molar-refractivity contribution < 1.29 is 8.42 Å². The number of piperazine rings is 1. The largest absolute Gasteiger partial charge is 0.381 e. The number of nitrogens with zero attached hydrogens (tertiary/aromatic N) is 3. The molecule has 0 radical (unpaired) electrons. The van der Waals surface area contributed by atoms with Gasteiger partial charge < -0.3 is 15.2 Å². The maximum Gasteiger partial charge on any atom is 0.213 e. The van der Waals surface area contributed by atoms with Crippen molar-refractivity contribution in [2.75, 3.05) is 49.5 Å². The Kier molecular flexibility index (Phi) is 7.46. The smallest absolute Gasteiger partial charge is 0.213 e. The van der Waals surface area contributed by atoms with E-state index in [2.05, 4.69) is 21.3 Å². The average Bonchev–Trinajstić information content (AvgIpc) is 3.58. The number of hydrogen-bond donors (Lipinski definition) is 2. The minimum absolute atomic E-state index is 0.182. The van der Waals surface area contributed by atoms with Crippen molar-refractivity contribution in [1.82, 2.24) is 14.2 Å². The van der Waals surface area contributed by atoms with Crippen LogP contribution in [0.15, 0.2) is 23.2 Å². The number of thioether (sulfide) groups is 1. The summed E-state index contributed by atoms with van der Waals surface area (Å²) in [4.78, 5) is 11.0. The topological polar surface area (TPSA) is 80.8 Å². The molecule has 0 bridgehead atoms. The second kappa shape index (κ2) is 10.4. The molecule has 1 aromatic carbocycles. The second-order valence-electron chi connectivity index (χ2n) is 9.56. The van der Waals surface area contributed by atoms with Crippen LogP contribution in [0.2, 0.25) is 5.02 Å². The molecule has 1 aromatic heterocycles. The van der Waals surface area contributed by atoms with Gasteiger partial charge in [0.05, 0.1) is 28.7 Å². The molecule has 7 nitrogen and oxygen atoms in total. The molecule has 3 heterocycles. The Hall–Kier alpha value is -1.26. The van der Waals surface area contributed by atoms with Crippen LogP contribution in [0.5, 0.6) is 0 Å². The van der Waals surface area contributed by atoms with E-state index in [1.165, 1.54) is 25.7 Å². The highest BCUT2D eigenvalue weighted by Crippen LogP contribution is 2.33. The maximum atomic E-state index is 12.1. The second-order valence-corrected chi connectivity index (χ2v) is 13.3. The van der Waals surface area contributed by atoms with Gasteiger partial charge in [-0.1, -0.05) is 24.4 Å². The zero-order valence-corrected chi connectivity index (χ0v) is 22.1. The number of fused-ring (bicyclic) bond motifs is 1. The Labute approximate surface area is 211 Å². The fourth-order valence-corrected chi connectivity index (χ4v) is 7.57. The van der Waals surface area contributed by atoms with Gasteiger partial charge in [0.15, 0.2) is 0 Å². The minimum atomic E-state index is -3.07. The van der Waals surface area contributed by atoms with Gasteiger partial charge >= 0.3 is 0 Å². The summed E-state index contributed by atoms with van der Waals surface area (Å²) < 4.78 is 25.8. The van der Waals surface area contributed by atoms with Crippen LogP contribution in [-0.4, -0.2) is 84.0 Å². The number of halogens is 1. The molecule has 2 aromatic rings.